The first-order valence-corrected chi connectivity index (χ1v) is 9.37. The Balaban J connectivity index is 1.57. The van der Waals surface area contributed by atoms with E-state index in [0.29, 0.717) is 36.1 Å². The lowest BCUT2D eigenvalue weighted by Crippen LogP contribution is -2.31. The monoisotopic (exact) mass is 365 g/mol. The molecule has 3 atom stereocenters. The van der Waals surface area contributed by atoms with Crippen LogP contribution in [0.3, 0.4) is 0 Å². The number of pyridine rings is 1. The first kappa shape index (κ1) is 17.7. The Hall–Kier alpha value is -2.73. The predicted molar refractivity (Wildman–Crippen MR) is 101 cm³/mol. The number of carbonyl (C=O) groups excluding carboxylic acids is 2. The zero-order valence-electron chi connectivity index (χ0n) is 15.3. The molecule has 0 radical (unpaired) electrons. The van der Waals surface area contributed by atoms with Gasteiger partial charge in [-0.25, -0.2) is 4.98 Å². The van der Waals surface area contributed by atoms with Crippen LogP contribution in [0.5, 0.6) is 0 Å². The Kier molecular flexibility index (Phi) is 4.90. The topological polar surface area (TPSA) is 80.3 Å². The number of rotatable bonds is 6. The minimum absolute atomic E-state index is 0.156. The highest BCUT2D eigenvalue weighted by atomic mass is 16.5. The summed E-state index contributed by atoms with van der Waals surface area (Å²) >= 11 is 0. The normalized spacial score (nSPS) is 22.8. The summed E-state index contributed by atoms with van der Waals surface area (Å²) in [7, 11) is 0. The number of fused-ring (bicyclic) bond motifs is 1. The molecule has 0 spiro atoms. The van der Waals surface area contributed by atoms with E-state index in [-0.39, 0.29) is 23.6 Å². The van der Waals surface area contributed by atoms with Crippen molar-refractivity contribution in [2.45, 2.75) is 19.4 Å². The minimum Gasteiger partial charge on any atom is -0.381 e. The molecule has 1 aromatic heterocycles. The number of carbonyl (C=O) groups is 2. The van der Waals surface area contributed by atoms with Crippen LogP contribution in [0.15, 0.2) is 42.5 Å². The molecule has 0 bridgehead atoms. The van der Waals surface area contributed by atoms with Gasteiger partial charge in [-0.3, -0.25) is 9.59 Å². The maximum absolute atomic E-state index is 12.8. The van der Waals surface area contributed by atoms with E-state index in [2.05, 4.69) is 15.6 Å². The molecule has 2 heterocycles. The zero-order valence-corrected chi connectivity index (χ0v) is 15.3. The van der Waals surface area contributed by atoms with Gasteiger partial charge < -0.3 is 15.4 Å². The van der Waals surface area contributed by atoms with Gasteiger partial charge in [0.05, 0.1) is 13.2 Å². The zero-order chi connectivity index (χ0) is 18.8. The van der Waals surface area contributed by atoms with Crippen LogP contribution in [-0.4, -0.2) is 42.6 Å². The van der Waals surface area contributed by atoms with Gasteiger partial charge in [0.25, 0.3) is 11.8 Å². The number of nitrogens with zero attached hydrogens (tertiary/aromatic N) is 1. The van der Waals surface area contributed by atoms with Crippen LogP contribution >= 0.6 is 0 Å². The van der Waals surface area contributed by atoms with Crippen molar-refractivity contribution in [2.75, 3.05) is 19.8 Å². The van der Waals surface area contributed by atoms with Crippen LogP contribution < -0.4 is 10.6 Å². The SMILES string of the molecule is CCNC(=O)c1cc(C(=O)N[C@H]2[C@@H]3COC[C@@H]32)cc(Cc2ccccc2)n1. The van der Waals surface area contributed by atoms with Crippen LogP contribution in [0.2, 0.25) is 0 Å². The van der Waals surface area contributed by atoms with Crippen LogP contribution in [0.25, 0.3) is 0 Å². The summed E-state index contributed by atoms with van der Waals surface area (Å²) in [6.45, 7) is 3.80. The fraction of sp³-hybridized carbons (Fsp3) is 0.381. The number of hydrogen-bond donors (Lipinski definition) is 2. The Morgan fingerprint density at radius 1 is 1.11 bits per heavy atom. The summed E-state index contributed by atoms with van der Waals surface area (Å²) in [4.78, 5) is 29.5. The van der Waals surface area contributed by atoms with Crippen molar-refractivity contribution in [3.63, 3.8) is 0 Å². The molecule has 2 aliphatic rings. The molecule has 1 saturated carbocycles. The number of benzene rings is 1. The molecule has 1 saturated heterocycles. The first-order chi connectivity index (χ1) is 13.2. The van der Waals surface area contributed by atoms with Gasteiger partial charge in [-0.1, -0.05) is 30.3 Å². The molecule has 2 N–H and O–H groups in total. The van der Waals surface area contributed by atoms with Gasteiger partial charge in [-0.15, -0.1) is 0 Å². The minimum atomic E-state index is -0.266. The third kappa shape index (κ3) is 3.85. The Bertz CT molecular complexity index is 843. The molecule has 1 aromatic carbocycles. The van der Waals surface area contributed by atoms with Crippen molar-refractivity contribution in [1.29, 1.82) is 0 Å². The van der Waals surface area contributed by atoms with Gasteiger partial charge in [0.1, 0.15) is 5.69 Å². The Morgan fingerprint density at radius 2 is 1.85 bits per heavy atom. The van der Waals surface area contributed by atoms with Crippen LogP contribution in [0.4, 0.5) is 0 Å². The maximum Gasteiger partial charge on any atom is 0.269 e. The quantitative estimate of drug-likeness (QED) is 0.818. The van der Waals surface area contributed by atoms with Gasteiger partial charge in [-0.2, -0.15) is 0 Å². The predicted octanol–water partition coefficient (Wildman–Crippen LogP) is 1.80. The summed E-state index contributed by atoms with van der Waals surface area (Å²) in [6.07, 6.45) is 0.566. The second-order valence-electron chi connectivity index (χ2n) is 7.12. The van der Waals surface area contributed by atoms with Gasteiger partial charge in [0.15, 0.2) is 0 Å². The molecule has 2 aromatic rings. The highest BCUT2D eigenvalue weighted by molar-refractivity contribution is 5.99. The second-order valence-corrected chi connectivity index (χ2v) is 7.12. The Labute approximate surface area is 158 Å². The van der Waals surface area contributed by atoms with E-state index in [0.717, 1.165) is 18.8 Å². The summed E-state index contributed by atoms with van der Waals surface area (Å²) in [5, 5.41) is 5.84. The lowest BCUT2D eigenvalue weighted by atomic mass is 10.1. The van der Waals surface area contributed by atoms with Crippen molar-refractivity contribution in [3.8, 4) is 0 Å². The van der Waals surface area contributed by atoms with Crippen molar-refractivity contribution in [1.82, 2.24) is 15.6 Å². The van der Waals surface area contributed by atoms with E-state index < -0.39 is 0 Å². The third-order valence-electron chi connectivity index (χ3n) is 5.19. The van der Waals surface area contributed by atoms with Crippen LogP contribution in [-0.2, 0) is 11.2 Å². The molecule has 6 nitrogen and oxygen atoms in total. The third-order valence-corrected chi connectivity index (χ3v) is 5.19. The number of aromatic nitrogens is 1. The van der Waals surface area contributed by atoms with Crippen molar-refractivity contribution >= 4 is 11.8 Å². The largest absolute Gasteiger partial charge is 0.381 e. The number of ether oxygens (including phenoxy) is 1. The molecule has 2 amide bonds. The fourth-order valence-corrected chi connectivity index (χ4v) is 3.67. The van der Waals surface area contributed by atoms with E-state index in [1.54, 1.807) is 12.1 Å². The lowest BCUT2D eigenvalue weighted by Gasteiger charge is -2.11. The van der Waals surface area contributed by atoms with Crippen molar-refractivity contribution in [3.05, 3.63) is 65.0 Å². The molecule has 27 heavy (non-hydrogen) atoms. The average molecular weight is 365 g/mol. The summed E-state index contributed by atoms with van der Waals surface area (Å²) in [5.74, 6) is 0.444. The lowest BCUT2D eigenvalue weighted by molar-refractivity contribution is 0.0928. The second kappa shape index (κ2) is 7.48. The van der Waals surface area contributed by atoms with E-state index in [1.807, 2.05) is 37.3 Å². The van der Waals surface area contributed by atoms with Crippen LogP contribution in [0, 0.1) is 11.8 Å². The molecular weight excluding hydrogens is 342 g/mol. The standard InChI is InChI=1S/C21H23N3O3/c1-2-22-21(26)18-10-14(20(25)24-19-16-11-27-12-17(16)19)9-15(23-18)8-13-6-4-3-5-7-13/h3-7,9-10,16-17,19H,2,8,11-12H2,1H3,(H,22,26)(H,24,25)/t16-,17+,19+. The van der Waals surface area contributed by atoms with Gasteiger partial charge in [0, 0.05) is 42.1 Å². The van der Waals surface area contributed by atoms with E-state index in [4.69, 9.17) is 4.74 Å². The van der Waals surface area contributed by atoms with E-state index >= 15 is 0 Å². The first-order valence-electron chi connectivity index (χ1n) is 9.37. The molecule has 1 aliphatic heterocycles. The fourth-order valence-electron chi connectivity index (χ4n) is 3.67. The number of nitrogens with one attached hydrogen (secondary N) is 2. The molecule has 140 valence electrons. The molecule has 2 fully saturated rings. The van der Waals surface area contributed by atoms with Crippen molar-refractivity contribution < 1.29 is 14.3 Å². The van der Waals surface area contributed by atoms with Crippen molar-refractivity contribution in [2.24, 2.45) is 11.8 Å². The maximum atomic E-state index is 12.8. The highest BCUT2D eigenvalue weighted by Gasteiger charge is 2.54. The van der Waals surface area contributed by atoms with Gasteiger partial charge >= 0.3 is 0 Å². The summed E-state index contributed by atoms with van der Waals surface area (Å²) < 4.78 is 5.37. The summed E-state index contributed by atoms with van der Waals surface area (Å²) in [6, 6.07) is 13.4. The average Bonchev–Trinajstić information content (AvgIpc) is 3.10. The molecule has 0 unspecified atom stereocenters. The molecule has 1 aliphatic carbocycles. The summed E-state index contributed by atoms with van der Waals surface area (Å²) in [5.41, 5.74) is 2.53. The highest BCUT2D eigenvalue weighted by Crippen LogP contribution is 2.44. The van der Waals surface area contributed by atoms with E-state index in [1.165, 1.54) is 0 Å². The Morgan fingerprint density at radius 3 is 2.56 bits per heavy atom. The van der Waals surface area contributed by atoms with Crippen LogP contribution in [0.1, 0.15) is 39.0 Å². The molecular formula is C21H23N3O3. The van der Waals surface area contributed by atoms with Gasteiger partial charge in [0.2, 0.25) is 0 Å². The number of hydrogen-bond acceptors (Lipinski definition) is 4. The molecule has 4 rings (SSSR count). The molecule has 6 heteroatoms. The number of amides is 2. The van der Waals surface area contributed by atoms with Gasteiger partial charge in [-0.05, 0) is 24.6 Å². The smallest absolute Gasteiger partial charge is 0.269 e. The van der Waals surface area contributed by atoms with E-state index in [9.17, 15) is 9.59 Å².